The highest BCUT2D eigenvalue weighted by Crippen LogP contribution is 2.27. The molecule has 4 nitrogen and oxygen atoms in total. The van der Waals surface area contributed by atoms with Crippen molar-refractivity contribution in [1.82, 2.24) is 4.72 Å². The maximum atomic E-state index is 12.0. The summed E-state index contributed by atoms with van der Waals surface area (Å²) < 4.78 is 26.5. The predicted molar refractivity (Wildman–Crippen MR) is 74.3 cm³/mol. The third-order valence-corrected chi connectivity index (χ3v) is 5.44. The molecule has 1 atom stereocenters. The van der Waals surface area contributed by atoms with Gasteiger partial charge < -0.3 is 5.11 Å². The maximum absolute atomic E-state index is 12.0. The molecule has 0 spiro atoms. The third-order valence-electron chi connectivity index (χ3n) is 2.31. The van der Waals surface area contributed by atoms with Crippen LogP contribution in [0.4, 0.5) is 0 Å². The van der Waals surface area contributed by atoms with Gasteiger partial charge in [0.1, 0.15) is 0 Å². The van der Waals surface area contributed by atoms with Crippen molar-refractivity contribution in [1.29, 1.82) is 0 Å². The second-order valence-electron chi connectivity index (χ2n) is 4.05. The molecule has 0 aliphatic heterocycles. The van der Waals surface area contributed by atoms with Gasteiger partial charge in [-0.3, -0.25) is 0 Å². The fourth-order valence-corrected chi connectivity index (χ4v) is 3.93. The summed E-state index contributed by atoms with van der Waals surface area (Å²) in [6.07, 6.45) is 0. The molecule has 0 fully saturated rings. The molecule has 2 N–H and O–H groups in total. The van der Waals surface area contributed by atoms with Gasteiger partial charge in [0.2, 0.25) is 10.0 Å². The molecular weight excluding hydrogens is 270 g/mol. The van der Waals surface area contributed by atoms with Gasteiger partial charge >= 0.3 is 0 Å². The minimum atomic E-state index is -3.43. The topological polar surface area (TPSA) is 66.4 Å². The lowest BCUT2D eigenvalue weighted by atomic mass is 10.2. The lowest BCUT2D eigenvalue weighted by Gasteiger charge is -2.12. The summed E-state index contributed by atoms with van der Waals surface area (Å²) in [5.41, 5.74) is 0. The van der Waals surface area contributed by atoms with Gasteiger partial charge in [0, 0.05) is 23.8 Å². The fraction of sp³-hybridized carbons (Fsp3) is 0.500. The zero-order valence-electron chi connectivity index (χ0n) is 10.6. The molecule has 1 rings (SSSR count). The first kappa shape index (κ1) is 15.5. The maximum Gasteiger partial charge on any atom is 0.241 e. The van der Waals surface area contributed by atoms with Crippen LogP contribution in [0, 0.1) is 5.92 Å². The van der Waals surface area contributed by atoms with Crippen LogP contribution < -0.4 is 4.72 Å². The summed E-state index contributed by atoms with van der Waals surface area (Å²) in [5, 5.41) is 8.98. The molecule has 0 saturated heterocycles. The van der Waals surface area contributed by atoms with Crippen molar-refractivity contribution in [3.8, 4) is 0 Å². The summed E-state index contributed by atoms with van der Waals surface area (Å²) in [6.45, 7) is 4.15. The van der Waals surface area contributed by atoms with E-state index < -0.39 is 10.0 Å². The van der Waals surface area contributed by atoms with Crippen molar-refractivity contribution in [2.45, 2.75) is 23.6 Å². The van der Waals surface area contributed by atoms with E-state index in [1.165, 1.54) is 11.8 Å². The molecule has 0 aliphatic rings. The van der Waals surface area contributed by atoms with Crippen molar-refractivity contribution in [3.63, 3.8) is 0 Å². The second kappa shape index (κ2) is 7.13. The predicted octanol–water partition coefficient (Wildman–Crippen LogP) is 1.71. The molecule has 0 aliphatic carbocycles. The second-order valence-corrected chi connectivity index (χ2v) is 6.84. The highest BCUT2D eigenvalue weighted by atomic mass is 32.2. The van der Waals surface area contributed by atoms with Crippen molar-refractivity contribution in [3.05, 3.63) is 24.3 Å². The average molecular weight is 289 g/mol. The molecule has 1 unspecified atom stereocenters. The molecule has 1 aromatic rings. The van der Waals surface area contributed by atoms with E-state index >= 15 is 0 Å². The number of aliphatic hydroxyl groups excluding tert-OH is 1. The number of hydrogen-bond donors (Lipinski definition) is 2. The van der Waals surface area contributed by atoms with Crippen molar-refractivity contribution in [2.24, 2.45) is 5.92 Å². The van der Waals surface area contributed by atoms with Gasteiger partial charge in [-0.1, -0.05) is 26.0 Å². The van der Waals surface area contributed by atoms with Crippen LogP contribution in [-0.4, -0.2) is 32.4 Å². The van der Waals surface area contributed by atoms with E-state index in [0.717, 1.165) is 4.90 Å². The lowest BCUT2D eigenvalue weighted by molar-refractivity contribution is 0.250. The minimum absolute atomic E-state index is 0.106. The Bertz CT molecular complexity index is 474. The first-order chi connectivity index (χ1) is 8.51. The Hall–Kier alpha value is -0.560. The number of rotatable bonds is 7. The van der Waals surface area contributed by atoms with E-state index in [1.807, 2.05) is 13.0 Å². The Kier molecular flexibility index (Phi) is 6.14. The van der Waals surface area contributed by atoms with Crippen LogP contribution in [0.2, 0.25) is 0 Å². The van der Waals surface area contributed by atoms with Crippen LogP contribution in [0.3, 0.4) is 0 Å². The van der Waals surface area contributed by atoms with Gasteiger partial charge in [-0.25, -0.2) is 13.1 Å². The Morgan fingerprint density at radius 3 is 2.67 bits per heavy atom. The number of hydrogen-bond acceptors (Lipinski definition) is 4. The SMILES string of the molecule is CCNS(=O)(=O)c1ccccc1SCC(C)CO. The van der Waals surface area contributed by atoms with Crippen LogP contribution in [0.15, 0.2) is 34.1 Å². The highest BCUT2D eigenvalue weighted by Gasteiger charge is 2.17. The van der Waals surface area contributed by atoms with Crippen LogP contribution >= 0.6 is 11.8 Å². The van der Waals surface area contributed by atoms with Crippen molar-refractivity contribution >= 4 is 21.8 Å². The summed E-state index contributed by atoms with van der Waals surface area (Å²) in [7, 11) is -3.43. The molecular formula is C12H19NO3S2. The van der Waals surface area contributed by atoms with E-state index in [1.54, 1.807) is 25.1 Å². The molecule has 0 saturated carbocycles. The van der Waals surface area contributed by atoms with Crippen LogP contribution in [0.5, 0.6) is 0 Å². The Morgan fingerprint density at radius 2 is 2.06 bits per heavy atom. The van der Waals surface area contributed by atoms with Gasteiger partial charge in [0.25, 0.3) is 0 Å². The minimum Gasteiger partial charge on any atom is -0.396 e. The molecule has 1 aromatic carbocycles. The normalized spacial score (nSPS) is 13.5. The molecule has 0 radical (unpaired) electrons. The largest absolute Gasteiger partial charge is 0.396 e. The number of thioether (sulfide) groups is 1. The van der Waals surface area contributed by atoms with Gasteiger partial charge in [-0.05, 0) is 18.1 Å². The number of sulfonamides is 1. The monoisotopic (exact) mass is 289 g/mol. The van der Waals surface area contributed by atoms with Gasteiger partial charge in [-0.15, -0.1) is 11.8 Å². The summed E-state index contributed by atoms with van der Waals surface area (Å²) in [4.78, 5) is 1.03. The standard InChI is InChI=1S/C12H19NO3S2/c1-3-13-18(15,16)12-7-5-4-6-11(12)17-9-10(2)8-14/h4-7,10,13-14H,3,8-9H2,1-2H3. The number of benzene rings is 1. The van der Waals surface area contributed by atoms with E-state index in [2.05, 4.69) is 4.72 Å². The third kappa shape index (κ3) is 4.28. The summed E-state index contributed by atoms with van der Waals surface area (Å²) in [6, 6.07) is 6.92. The zero-order chi connectivity index (χ0) is 13.6. The van der Waals surface area contributed by atoms with Gasteiger partial charge in [0.15, 0.2) is 0 Å². The number of aliphatic hydroxyl groups is 1. The van der Waals surface area contributed by atoms with Crippen LogP contribution in [0.25, 0.3) is 0 Å². The van der Waals surface area contributed by atoms with E-state index in [4.69, 9.17) is 5.11 Å². The van der Waals surface area contributed by atoms with Crippen molar-refractivity contribution in [2.75, 3.05) is 18.9 Å². The first-order valence-electron chi connectivity index (χ1n) is 5.83. The average Bonchev–Trinajstić information content (AvgIpc) is 2.36. The Labute approximate surface area is 113 Å². The Morgan fingerprint density at radius 1 is 1.39 bits per heavy atom. The molecule has 0 amide bonds. The molecule has 0 heterocycles. The van der Waals surface area contributed by atoms with Gasteiger partial charge in [0.05, 0.1) is 4.90 Å². The van der Waals surface area contributed by atoms with Crippen LogP contribution in [-0.2, 0) is 10.0 Å². The molecule has 102 valence electrons. The zero-order valence-corrected chi connectivity index (χ0v) is 12.2. The quantitative estimate of drug-likeness (QED) is 0.750. The van der Waals surface area contributed by atoms with E-state index in [0.29, 0.717) is 17.2 Å². The van der Waals surface area contributed by atoms with E-state index in [9.17, 15) is 8.42 Å². The highest BCUT2D eigenvalue weighted by molar-refractivity contribution is 8.00. The van der Waals surface area contributed by atoms with Crippen molar-refractivity contribution < 1.29 is 13.5 Å². The molecule has 0 bridgehead atoms. The lowest BCUT2D eigenvalue weighted by Crippen LogP contribution is -2.23. The first-order valence-corrected chi connectivity index (χ1v) is 8.30. The number of nitrogens with one attached hydrogen (secondary N) is 1. The summed E-state index contributed by atoms with van der Waals surface area (Å²) >= 11 is 1.45. The summed E-state index contributed by atoms with van der Waals surface area (Å²) in [5.74, 6) is 0.833. The molecule has 6 heteroatoms. The Balaban J connectivity index is 2.93. The molecule has 18 heavy (non-hydrogen) atoms. The smallest absolute Gasteiger partial charge is 0.241 e. The van der Waals surface area contributed by atoms with Gasteiger partial charge in [-0.2, -0.15) is 0 Å². The molecule has 0 aromatic heterocycles. The fourth-order valence-electron chi connectivity index (χ4n) is 1.34. The van der Waals surface area contributed by atoms with E-state index in [-0.39, 0.29) is 12.5 Å². The van der Waals surface area contributed by atoms with Crippen LogP contribution in [0.1, 0.15) is 13.8 Å².